The lowest BCUT2D eigenvalue weighted by Crippen LogP contribution is -2.30. The number of H-pyrrole nitrogens is 1. The number of ether oxygens (including phenoxy) is 1. The third-order valence-corrected chi connectivity index (χ3v) is 9.43. The first-order valence-corrected chi connectivity index (χ1v) is 16.9. The first kappa shape index (κ1) is 33.3. The highest BCUT2D eigenvalue weighted by molar-refractivity contribution is 6.31. The van der Waals surface area contributed by atoms with Crippen molar-refractivity contribution in [2.75, 3.05) is 25.0 Å². The van der Waals surface area contributed by atoms with Gasteiger partial charge in [-0.15, -0.1) is 0 Å². The zero-order valence-corrected chi connectivity index (χ0v) is 28.6. The molecule has 0 aliphatic carbocycles. The largest absolute Gasteiger partial charge is 0.476 e. The number of allylic oxidation sites excluding steroid dienone is 1. The van der Waals surface area contributed by atoms with Crippen LogP contribution in [0.2, 0.25) is 10.0 Å². The van der Waals surface area contributed by atoms with Gasteiger partial charge in [-0.2, -0.15) is 0 Å². The summed E-state index contributed by atoms with van der Waals surface area (Å²) < 4.78 is 6.18. The molecule has 3 aromatic carbocycles. The number of pyridine rings is 1. The smallest absolute Gasteiger partial charge is 0.272 e. The predicted molar refractivity (Wildman–Crippen MR) is 197 cm³/mol. The second kappa shape index (κ2) is 15.1. The van der Waals surface area contributed by atoms with Gasteiger partial charge in [0.05, 0.1) is 18.3 Å². The number of amides is 1. The van der Waals surface area contributed by atoms with Gasteiger partial charge >= 0.3 is 0 Å². The Morgan fingerprint density at radius 3 is 2.50 bits per heavy atom. The van der Waals surface area contributed by atoms with E-state index in [9.17, 15) is 4.79 Å². The number of aromatic amines is 1. The molecule has 1 aliphatic rings. The SMILES string of the molecule is C=CN(/C(=C(\C)c1ccccc1)c1c(C(=O)Nc2cccnc2OCC2CCNCC2)[nH]c2cc(Cl)ccc12)C(C)c1ccc(Cl)cc1. The molecule has 1 atom stereocenters. The summed E-state index contributed by atoms with van der Waals surface area (Å²) in [6, 6.07) is 27.0. The summed E-state index contributed by atoms with van der Waals surface area (Å²) >= 11 is 12.7. The van der Waals surface area contributed by atoms with Crippen LogP contribution in [-0.2, 0) is 0 Å². The molecule has 0 spiro atoms. The number of piperidine rings is 1. The van der Waals surface area contributed by atoms with Crippen molar-refractivity contribution in [3.05, 3.63) is 136 Å². The van der Waals surface area contributed by atoms with E-state index in [1.54, 1.807) is 12.3 Å². The highest BCUT2D eigenvalue weighted by Gasteiger charge is 2.29. The van der Waals surface area contributed by atoms with Crippen molar-refractivity contribution in [1.82, 2.24) is 20.2 Å². The van der Waals surface area contributed by atoms with Crippen LogP contribution in [0.1, 0.15) is 59.9 Å². The van der Waals surface area contributed by atoms with E-state index >= 15 is 0 Å². The molecular weight excluding hydrogens is 641 g/mol. The lowest BCUT2D eigenvalue weighted by Gasteiger charge is -2.32. The molecule has 1 amide bonds. The van der Waals surface area contributed by atoms with Crippen molar-refractivity contribution in [3.8, 4) is 5.88 Å². The average molecular weight is 681 g/mol. The molecule has 3 heterocycles. The van der Waals surface area contributed by atoms with Crippen molar-refractivity contribution in [3.63, 3.8) is 0 Å². The molecule has 0 saturated carbocycles. The fraction of sp³-hybridized carbons (Fsp3) is 0.231. The average Bonchev–Trinajstić information content (AvgIpc) is 3.49. The van der Waals surface area contributed by atoms with E-state index in [1.165, 1.54) is 0 Å². The molecule has 1 unspecified atom stereocenters. The number of benzene rings is 3. The van der Waals surface area contributed by atoms with E-state index in [4.69, 9.17) is 27.9 Å². The van der Waals surface area contributed by atoms with Crippen molar-refractivity contribution < 1.29 is 9.53 Å². The summed E-state index contributed by atoms with van der Waals surface area (Å²) in [4.78, 5) is 24.4. The third kappa shape index (κ3) is 7.29. The molecule has 1 fully saturated rings. The van der Waals surface area contributed by atoms with Gasteiger partial charge in [-0.05, 0) is 105 Å². The number of carbonyl (C=O) groups excluding carboxylic acids is 1. The van der Waals surface area contributed by atoms with Crippen molar-refractivity contribution >= 4 is 57.0 Å². The van der Waals surface area contributed by atoms with Gasteiger partial charge in [-0.1, -0.05) is 78.3 Å². The summed E-state index contributed by atoms with van der Waals surface area (Å²) in [5.41, 5.74) is 6.18. The molecule has 0 radical (unpaired) electrons. The first-order chi connectivity index (χ1) is 23.3. The normalized spacial score (nSPS) is 14.7. The van der Waals surface area contributed by atoms with E-state index in [-0.39, 0.29) is 11.9 Å². The summed E-state index contributed by atoms with van der Waals surface area (Å²) in [6.07, 6.45) is 5.57. The molecular formula is C39H39Cl2N5O2. The number of rotatable bonds is 11. The fourth-order valence-electron chi connectivity index (χ4n) is 6.30. The summed E-state index contributed by atoms with van der Waals surface area (Å²) in [5.74, 6) is 0.493. The molecule has 7 nitrogen and oxygen atoms in total. The monoisotopic (exact) mass is 679 g/mol. The molecule has 2 aromatic heterocycles. The van der Waals surface area contributed by atoms with Gasteiger partial charge in [0.2, 0.25) is 5.88 Å². The predicted octanol–water partition coefficient (Wildman–Crippen LogP) is 9.60. The van der Waals surface area contributed by atoms with E-state index in [1.807, 2.05) is 72.9 Å². The van der Waals surface area contributed by atoms with Gasteiger partial charge in [0.25, 0.3) is 5.91 Å². The van der Waals surface area contributed by atoms with Crippen molar-refractivity contribution in [1.29, 1.82) is 0 Å². The number of nitrogens with one attached hydrogen (secondary N) is 3. The van der Waals surface area contributed by atoms with Gasteiger partial charge in [0.1, 0.15) is 11.4 Å². The highest BCUT2D eigenvalue weighted by atomic mass is 35.5. The number of fused-ring (bicyclic) bond motifs is 1. The minimum absolute atomic E-state index is 0.157. The Balaban J connectivity index is 1.47. The summed E-state index contributed by atoms with van der Waals surface area (Å²) in [7, 11) is 0. The summed E-state index contributed by atoms with van der Waals surface area (Å²) in [5, 5.41) is 8.56. The second-order valence-electron chi connectivity index (χ2n) is 12.0. The van der Waals surface area contributed by atoms with E-state index in [0.717, 1.165) is 64.8 Å². The van der Waals surface area contributed by atoms with Crippen LogP contribution in [0, 0.1) is 5.92 Å². The van der Waals surface area contributed by atoms with E-state index in [0.29, 0.717) is 39.8 Å². The number of hydrogen-bond acceptors (Lipinski definition) is 5. The van der Waals surface area contributed by atoms with Crippen LogP contribution < -0.4 is 15.4 Å². The highest BCUT2D eigenvalue weighted by Crippen LogP contribution is 2.41. The topological polar surface area (TPSA) is 82.3 Å². The maximum absolute atomic E-state index is 14.5. The van der Waals surface area contributed by atoms with E-state index in [2.05, 4.69) is 58.1 Å². The Morgan fingerprint density at radius 1 is 1.04 bits per heavy atom. The van der Waals surface area contributed by atoms with Gasteiger partial charge in [-0.25, -0.2) is 4.98 Å². The Bertz CT molecular complexity index is 1930. The number of aromatic nitrogens is 2. The number of hydrogen-bond donors (Lipinski definition) is 3. The van der Waals surface area contributed by atoms with Crippen LogP contribution in [0.25, 0.3) is 22.2 Å². The van der Waals surface area contributed by atoms with Crippen LogP contribution in [0.3, 0.4) is 0 Å². The van der Waals surface area contributed by atoms with Gasteiger partial charge in [0, 0.05) is 32.7 Å². The lowest BCUT2D eigenvalue weighted by atomic mass is 9.95. The second-order valence-corrected chi connectivity index (χ2v) is 12.9. The number of carbonyl (C=O) groups is 1. The van der Waals surface area contributed by atoms with Crippen LogP contribution in [0.4, 0.5) is 5.69 Å². The zero-order valence-electron chi connectivity index (χ0n) is 27.1. The molecule has 0 bridgehead atoms. The minimum Gasteiger partial charge on any atom is -0.476 e. The molecule has 1 saturated heterocycles. The van der Waals surface area contributed by atoms with E-state index < -0.39 is 0 Å². The Kier molecular flexibility index (Phi) is 10.5. The molecule has 1 aliphatic heterocycles. The van der Waals surface area contributed by atoms with Crippen LogP contribution in [0.15, 0.2) is 104 Å². The molecule has 6 rings (SSSR count). The van der Waals surface area contributed by atoms with Gasteiger partial charge < -0.3 is 25.3 Å². The van der Waals surface area contributed by atoms with Crippen LogP contribution >= 0.6 is 23.2 Å². The molecule has 3 N–H and O–H groups in total. The zero-order chi connectivity index (χ0) is 33.6. The van der Waals surface area contributed by atoms with Crippen LogP contribution in [0.5, 0.6) is 5.88 Å². The van der Waals surface area contributed by atoms with Gasteiger partial charge in [0.15, 0.2) is 0 Å². The minimum atomic E-state index is -0.335. The van der Waals surface area contributed by atoms with Crippen molar-refractivity contribution in [2.45, 2.75) is 32.7 Å². The third-order valence-electron chi connectivity index (χ3n) is 8.94. The standard InChI is InChI=1S/C39H39Cl2N5O2/c1-4-46(26(3)29-12-14-30(40)15-13-29)37(25(2)28-9-6-5-7-10-28)35-32-17-16-31(41)23-34(32)44-36(35)38(47)45-33-11-8-20-43-39(33)48-24-27-18-21-42-22-19-27/h4-17,20,23,26-27,42,44H,1,18-19,21-22,24H2,2-3H3,(H,45,47)/b37-25+. The number of anilines is 1. The Morgan fingerprint density at radius 2 is 1.77 bits per heavy atom. The first-order valence-electron chi connectivity index (χ1n) is 16.2. The summed E-state index contributed by atoms with van der Waals surface area (Å²) in [6.45, 7) is 10.9. The quantitative estimate of drug-likeness (QED) is 0.130. The molecule has 246 valence electrons. The maximum atomic E-state index is 14.5. The van der Waals surface area contributed by atoms with Crippen molar-refractivity contribution in [2.24, 2.45) is 5.92 Å². The van der Waals surface area contributed by atoms with Gasteiger partial charge in [-0.3, -0.25) is 4.79 Å². The Hall–Kier alpha value is -4.56. The fourth-order valence-corrected chi connectivity index (χ4v) is 6.60. The lowest BCUT2D eigenvalue weighted by molar-refractivity contribution is 0.102. The number of nitrogens with zero attached hydrogens (tertiary/aromatic N) is 2. The van der Waals surface area contributed by atoms with Crippen LogP contribution in [-0.4, -0.2) is 40.5 Å². The molecule has 5 aromatic rings. The maximum Gasteiger partial charge on any atom is 0.272 e. The molecule has 48 heavy (non-hydrogen) atoms. The molecule has 9 heteroatoms. The number of halogens is 2. The Labute approximate surface area is 291 Å².